The first-order chi connectivity index (χ1) is 39.2. The molecule has 0 N–H and O–H groups in total. The summed E-state index contributed by atoms with van der Waals surface area (Å²) in [4.78, 5) is 0. The van der Waals surface area contributed by atoms with Gasteiger partial charge in [-0.2, -0.15) is 0 Å². The molecule has 0 aromatic heterocycles. The van der Waals surface area contributed by atoms with Gasteiger partial charge in [0.1, 0.15) is 23.3 Å². The zero-order valence-electron chi connectivity index (χ0n) is 43.1. The van der Waals surface area contributed by atoms with Crippen molar-refractivity contribution < 1.29 is 17.6 Å². The SMILES string of the molecule is Cc1ccccc1-c1c2cc3c(cc2c(-c2ccccc2C)c2c4ccc5c6ccc7c8c(ccc(c9ccc(c12)c4c95)c86)-c1c-7c(-c2cc(F)cc(F)c2)c2ccccc2c1-c1cc(F)cc(F)c1)c1cccc2cccc3c21. The average Bonchev–Trinajstić information content (AvgIpc) is 3.68. The lowest BCUT2D eigenvalue weighted by molar-refractivity contribution is 0.583. The van der Waals surface area contributed by atoms with Crippen LogP contribution in [0.4, 0.5) is 17.6 Å². The van der Waals surface area contributed by atoms with E-state index in [-0.39, 0.29) is 0 Å². The minimum atomic E-state index is -0.692. The number of aryl methyl sites for hydroxylation is 2. The van der Waals surface area contributed by atoms with Gasteiger partial charge in [-0.25, -0.2) is 17.6 Å². The van der Waals surface area contributed by atoms with Crippen molar-refractivity contribution in [2.75, 3.05) is 0 Å². The van der Waals surface area contributed by atoms with Gasteiger partial charge in [0.2, 0.25) is 0 Å². The van der Waals surface area contributed by atoms with Crippen LogP contribution in [0.15, 0.2) is 206 Å². The third-order valence-corrected chi connectivity index (χ3v) is 18.3. The fraction of sp³-hybridized carbons (Fsp3) is 0.0263. The van der Waals surface area contributed by atoms with Crippen molar-refractivity contribution in [3.05, 3.63) is 241 Å². The first kappa shape index (κ1) is 44.1. The fourth-order valence-corrected chi connectivity index (χ4v) is 15.3. The highest BCUT2D eigenvalue weighted by molar-refractivity contribution is 6.48. The summed E-state index contributed by atoms with van der Waals surface area (Å²) in [5.41, 5.74) is 12.7. The summed E-state index contributed by atoms with van der Waals surface area (Å²) >= 11 is 0. The molecule has 0 unspecified atom stereocenters. The maximum Gasteiger partial charge on any atom is 0.126 e. The van der Waals surface area contributed by atoms with E-state index in [1.54, 1.807) is 0 Å². The Morgan fingerprint density at radius 1 is 0.212 bits per heavy atom. The summed E-state index contributed by atoms with van der Waals surface area (Å²) in [5, 5.41) is 25.2. The van der Waals surface area contributed by atoms with Crippen molar-refractivity contribution >= 4 is 118 Å². The molecule has 18 rings (SSSR count). The third kappa shape index (κ3) is 5.55. The lowest BCUT2D eigenvalue weighted by Crippen LogP contribution is -1.95. The van der Waals surface area contributed by atoms with Gasteiger partial charge in [-0.1, -0.05) is 158 Å². The van der Waals surface area contributed by atoms with Gasteiger partial charge in [0, 0.05) is 12.1 Å². The lowest BCUT2D eigenvalue weighted by Gasteiger charge is -2.20. The highest BCUT2D eigenvalue weighted by Crippen LogP contribution is 2.61. The highest BCUT2D eigenvalue weighted by Gasteiger charge is 2.34. The van der Waals surface area contributed by atoms with Crippen LogP contribution in [0.2, 0.25) is 0 Å². The van der Waals surface area contributed by atoms with Crippen molar-refractivity contribution in [1.29, 1.82) is 0 Å². The monoisotopic (exact) mass is 1030 g/mol. The van der Waals surface area contributed by atoms with E-state index in [1.807, 2.05) is 24.3 Å². The average molecular weight is 1030 g/mol. The molecule has 4 heteroatoms. The van der Waals surface area contributed by atoms with Gasteiger partial charge >= 0.3 is 0 Å². The van der Waals surface area contributed by atoms with Crippen molar-refractivity contribution in [2.45, 2.75) is 13.8 Å². The molecule has 17 aromatic carbocycles. The van der Waals surface area contributed by atoms with Gasteiger partial charge in [0.25, 0.3) is 0 Å². The van der Waals surface area contributed by atoms with Crippen molar-refractivity contribution in [2.24, 2.45) is 0 Å². The molecule has 0 atom stereocenters. The van der Waals surface area contributed by atoms with E-state index in [4.69, 9.17) is 0 Å². The van der Waals surface area contributed by atoms with Gasteiger partial charge < -0.3 is 0 Å². The van der Waals surface area contributed by atoms with Crippen LogP contribution in [0.5, 0.6) is 0 Å². The molecular weight excluding hydrogens is 989 g/mol. The predicted molar refractivity (Wildman–Crippen MR) is 328 cm³/mol. The molecule has 0 fully saturated rings. The lowest BCUT2D eigenvalue weighted by atomic mass is 9.82. The largest absolute Gasteiger partial charge is 0.207 e. The molecule has 1 aliphatic rings. The Labute approximate surface area is 455 Å². The number of halogens is 4. The van der Waals surface area contributed by atoms with Gasteiger partial charge in [-0.05, 0) is 247 Å². The molecular formula is C76H40F4. The number of fused-ring (bicyclic) bond motifs is 13. The first-order valence-electron chi connectivity index (χ1n) is 27.2. The number of hydrogen-bond acceptors (Lipinski definition) is 0. The summed E-state index contributed by atoms with van der Waals surface area (Å²) < 4.78 is 61.9. The van der Waals surface area contributed by atoms with Crippen LogP contribution in [0, 0.1) is 37.1 Å². The Morgan fingerprint density at radius 2 is 0.575 bits per heavy atom. The van der Waals surface area contributed by atoms with Crippen LogP contribution in [-0.4, -0.2) is 0 Å². The van der Waals surface area contributed by atoms with Crippen LogP contribution in [0.1, 0.15) is 11.1 Å². The van der Waals surface area contributed by atoms with Crippen LogP contribution >= 0.6 is 0 Å². The summed E-state index contributed by atoms with van der Waals surface area (Å²) in [7, 11) is 0. The molecule has 0 saturated heterocycles. The van der Waals surface area contributed by atoms with Crippen molar-refractivity contribution in [3.63, 3.8) is 0 Å². The number of rotatable bonds is 4. The van der Waals surface area contributed by atoms with Crippen LogP contribution < -0.4 is 0 Å². The molecule has 17 aromatic rings. The topological polar surface area (TPSA) is 0 Å². The summed E-state index contributed by atoms with van der Waals surface area (Å²) in [6.07, 6.45) is 0. The molecule has 0 aliphatic heterocycles. The van der Waals surface area contributed by atoms with Crippen LogP contribution in [0.25, 0.3) is 185 Å². The quantitative estimate of drug-likeness (QED) is 0.0936. The van der Waals surface area contributed by atoms with E-state index in [1.165, 1.54) is 133 Å². The van der Waals surface area contributed by atoms with E-state index in [2.05, 4.69) is 159 Å². The number of benzene rings is 15. The molecule has 0 spiro atoms. The molecule has 1 aliphatic carbocycles. The second kappa shape index (κ2) is 15.4. The Hall–Kier alpha value is -9.90. The Kier molecular flexibility index (Phi) is 8.51. The molecule has 80 heavy (non-hydrogen) atoms. The second-order valence-corrected chi connectivity index (χ2v) is 22.3. The first-order valence-corrected chi connectivity index (χ1v) is 27.2. The van der Waals surface area contributed by atoms with Crippen molar-refractivity contribution in [1.82, 2.24) is 0 Å². The predicted octanol–water partition coefficient (Wildman–Crippen LogP) is 22.2. The van der Waals surface area contributed by atoms with E-state index in [0.29, 0.717) is 22.3 Å². The standard InChI is InChI=1S/C76H40F4/c1-37-11-3-5-15-46(37)67-62-35-60-50-19-9-13-39-14-10-20-51(64(39)50)61(60)36-63(62)68(47-16-6-4-12-38(47)2)76-59-28-24-55-53-22-26-57-71-56(25-21-52(69(53)71)54-23-27-58(75(67)76)72(59)70(54)55)73-65(40-29-42(77)33-43(78)30-40)48-17-7-8-18-49(48)66(74(57)73)41-31-44(79)34-45(80)32-41/h3-36H,1-2H3. The van der Waals surface area contributed by atoms with E-state index < -0.39 is 23.3 Å². The molecule has 0 bridgehead atoms. The third-order valence-electron chi connectivity index (χ3n) is 18.3. The highest BCUT2D eigenvalue weighted by atomic mass is 19.1. The second-order valence-electron chi connectivity index (χ2n) is 22.3. The molecule has 372 valence electrons. The number of hydrogen-bond donors (Lipinski definition) is 0. The van der Waals surface area contributed by atoms with Gasteiger partial charge in [-0.15, -0.1) is 0 Å². The minimum Gasteiger partial charge on any atom is -0.207 e. The minimum absolute atomic E-state index is 0.381. The fourth-order valence-electron chi connectivity index (χ4n) is 15.3. The molecule has 0 heterocycles. The maximum atomic E-state index is 15.5. The Bertz CT molecular complexity index is 5290. The van der Waals surface area contributed by atoms with E-state index in [0.717, 1.165) is 77.5 Å². The zero-order valence-corrected chi connectivity index (χ0v) is 43.1. The molecule has 0 radical (unpaired) electrons. The van der Waals surface area contributed by atoms with Crippen LogP contribution in [-0.2, 0) is 0 Å². The van der Waals surface area contributed by atoms with E-state index in [9.17, 15) is 0 Å². The zero-order chi connectivity index (χ0) is 53.1. The Balaban J connectivity index is 1.01. The summed E-state index contributed by atoms with van der Waals surface area (Å²) in [6, 6.07) is 69.1. The van der Waals surface area contributed by atoms with Gasteiger partial charge in [0.15, 0.2) is 0 Å². The van der Waals surface area contributed by atoms with Crippen molar-refractivity contribution in [3.8, 4) is 66.8 Å². The normalized spacial score (nSPS) is 12.6. The van der Waals surface area contributed by atoms with Crippen LogP contribution in [0.3, 0.4) is 0 Å². The Morgan fingerprint density at radius 3 is 1.02 bits per heavy atom. The summed E-state index contributed by atoms with van der Waals surface area (Å²) in [6.45, 7) is 4.46. The smallest absolute Gasteiger partial charge is 0.126 e. The molecule has 0 saturated carbocycles. The summed E-state index contributed by atoms with van der Waals surface area (Å²) in [5.74, 6) is -2.77. The molecule has 0 nitrogen and oxygen atoms in total. The van der Waals surface area contributed by atoms with E-state index >= 15 is 17.6 Å². The van der Waals surface area contributed by atoms with Gasteiger partial charge in [0.05, 0.1) is 0 Å². The maximum absolute atomic E-state index is 15.5. The van der Waals surface area contributed by atoms with Gasteiger partial charge in [-0.3, -0.25) is 0 Å². The molecule has 0 amide bonds.